The predicted octanol–water partition coefficient (Wildman–Crippen LogP) is 3.60. The Kier molecular flexibility index (Phi) is 5.32. The summed E-state index contributed by atoms with van der Waals surface area (Å²) < 4.78 is 38.8. The van der Waals surface area contributed by atoms with Crippen LogP contribution in [0.4, 0.5) is 4.39 Å². The van der Waals surface area contributed by atoms with E-state index in [1.165, 1.54) is 44.9 Å². The molecule has 0 spiro atoms. The first-order valence-electron chi connectivity index (χ1n) is 8.98. The highest BCUT2D eigenvalue weighted by Gasteiger charge is 2.23. The minimum absolute atomic E-state index is 0.0379. The van der Waals surface area contributed by atoms with Gasteiger partial charge in [0.1, 0.15) is 20.5 Å². The number of nitrogens with zero attached hydrogens (tertiary/aromatic N) is 2. The van der Waals surface area contributed by atoms with E-state index in [1.807, 2.05) is 0 Å². The summed E-state index contributed by atoms with van der Waals surface area (Å²) in [5.74, 6) is -0.306. The van der Waals surface area contributed by atoms with Crippen LogP contribution in [0.5, 0.6) is 0 Å². The molecule has 9 heteroatoms. The number of benzene rings is 1. The molecule has 0 fully saturated rings. The van der Waals surface area contributed by atoms with Crippen molar-refractivity contribution in [3.63, 3.8) is 0 Å². The first kappa shape index (κ1) is 19.6. The number of aryl methyl sites for hydroxylation is 2. The van der Waals surface area contributed by atoms with Crippen LogP contribution >= 0.6 is 23.1 Å². The molecule has 0 bridgehead atoms. The first-order valence-corrected chi connectivity index (χ1v) is 12.8. The van der Waals surface area contributed by atoms with Crippen LogP contribution < -0.4 is 5.56 Å². The molecular formula is C19H19FN2O3S3. The van der Waals surface area contributed by atoms with E-state index in [0.29, 0.717) is 15.4 Å². The second kappa shape index (κ2) is 7.61. The third-order valence-corrected chi connectivity index (χ3v) is 8.07. The standard InChI is InChI=1S/C19H19FN2O3S3/c1-28(24,25)11-10-26-19-21-17-16(12-6-2-5-9-15(12)27-17)18(23)22(19)14-8-4-3-7-13(14)20/h3-4,7-8H,2,5-6,9-11H2,1H3. The third kappa shape index (κ3) is 3.75. The average molecular weight is 439 g/mol. The van der Waals surface area contributed by atoms with Crippen molar-refractivity contribution >= 4 is 43.2 Å². The van der Waals surface area contributed by atoms with Gasteiger partial charge in [-0.3, -0.25) is 9.36 Å². The number of fused-ring (bicyclic) bond motifs is 3. The second-order valence-electron chi connectivity index (χ2n) is 6.86. The molecule has 5 nitrogen and oxygen atoms in total. The Morgan fingerprint density at radius 2 is 2.00 bits per heavy atom. The fourth-order valence-electron chi connectivity index (χ4n) is 3.41. The van der Waals surface area contributed by atoms with Crippen LogP contribution in [0.15, 0.2) is 34.2 Å². The lowest BCUT2D eigenvalue weighted by Crippen LogP contribution is -2.23. The van der Waals surface area contributed by atoms with Gasteiger partial charge in [0.2, 0.25) is 0 Å². The predicted molar refractivity (Wildman–Crippen MR) is 112 cm³/mol. The molecule has 28 heavy (non-hydrogen) atoms. The number of halogens is 1. The number of para-hydroxylation sites is 1. The van der Waals surface area contributed by atoms with E-state index in [2.05, 4.69) is 4.98 Å². The molecule has 0 unspecified atom stereocenters. The van der Waals surface area contributed by atoms with Gasteiger partial charge >= 0.3 is 0 Å². The Bertz CT molecular complexity index is 1220. The minimum Gasteiger partial charge on any atom is -0.268 e. The number of sulfone groups is 1. The van der Waals surface area contributed by atoms with Crippen molar-refractivity contribution in [3.05, 3.63) is 50.9 Å². The molecule has 2 heterocycles. The smallest absolute Gasteiger partial charge is 0.267 e. The Morgan fingerprint density at radius 1 is 1.25 bits per heavy atom. The molecule has 0 saturated carbocycles. The Morgan fingerprint density at radius 3 is 2.75 bits per heavy atom. The molecule has 4 rings (SSSR count). The quantitative estimate of drug-likeness (QED) is 0.450. The number of thioether (sulfide) groups is 1. The van der Waals surface area contributed by atoms with Crippen molar-refractivity contribution in [2.75, 3.05) is 17.8 Å². The highest BCUT2D eigenvalue weighted by atomic mass is 32.2. The fourth-order valence-corrected chi connectivity index (χ4v) is 6.92. The molecule has 0 atom stereocenters. The third-order valence-electron chi connectivity index (χ3n) is 4.74. The van der Waals surface area contributed by atoms with E-state index >= 15 is 0 Å². The van der Waals surface area contributed by atoms with Gasteiger partial charge in [-0.15, -0.1) is 11.3 Å². The summed E-state index contributed by atoms with van der Waals surface area (Å²) in [7, 11) is -3.14. The average Bonchev–Trinajstić information content (AvgIpc) is 3.00. The molecule has 1 aliphatic rings. The van der Waals surface area contributed by atoms with Gasteiger partial charge in [0.25, 0.3) is 5.56 Å². The molecule has 2 aromatic heterocycles. The van der Waals surface area contributed by atoms with Gasteiger partial charge in [-0.2, -0.15) is 0 Å². The number of hydrogen-bond donors (Lipinski definition) is 0. The second-order valence-corrected chi connectivity index (χ2v) is 11.3. The highest BCUT2D eigenvalue weighted by molar-refractivity contribution is 8.00. The molecule has 0 aliphatic heterocycles. The van der Waals surface area contributed by atoms with Crippen molar-refractivity contribution in [3.8, 4) is 5.69 Å². The fraction of sp³-hybridized carbons (Fsp3) is 0.368. The maximum absolute atomic E-state index is 14.5. The number of hydrogen-bond acceptors (Lipinski definition) is 6. The van der Waals surface area contributed by atoms with Crippen molar-refractivity contribution in [2.45, 2.75) is 30.8 Å². The molecule has 0 saturated heterocycles. The van der Waals surface area contributed by atoms with Gasteiger partial charge in [0.15, 0.2) is 5.16 Å². The van der Waals surface area contributed by atoms with Crippen LogP contribution in [0.2, 0.25) is 0 Å². The zero-order chi connectivity index (χ0) is 19.9. The molecule has 3 aromatic rings. The molecule has 148 valence electrons. The van der Waals surface area contributed by atoms with Crippen molar-refractivity contribution in [1.29, 1.82) is 0 Å². The molecular weight excluding hydrogens is 419 g/mol. The van der Waals surface area contributed by atoms with E-state index in [1.54, 1.807) is 18.2 Å². The number of rotatable bonds is 5. The Balaban J connectivity index is 1.92. The van der Waals surface area contributed by atoms with Crippen molar-refractivity contribution < 1.29 is 12.8 Å². The molecule has 0 amide bonds. The molecule has 1 aliphatic carbocycles. The van der Waals surface area contributed by atoms with Crippen LogP contribution in [0, 0.1) is 5.82 Å². The van der Waals surface area contributed by atoms with E-state index in [9.17, 15) is 17.6 Å². The van der Waals surface area contributed by atoms with E-state index in [4.69, 9.17) is 0 Å². The molecule has 0 N–H and O–H groups in total. The highest BCUT2D eigenvalue weighted by Crippen LogP contribution is 2.35. The summed E-state index contributed by atoms with van der Waals surface area (Å²) in [6, 6.07) is 6.09. The van der Waals surface area contributed by atoms with Gasteiger partial charge in [-0.25, -0.2) is 17.8 Å². The summed E-state index contributed by atoms with van der Waals surface area (Å²) in [6.07, 6.45) is 5.07. The topological polar surface area (TPSA) is 69.0 Å². The van der Waals surface area contributed by atoms with Crippen LogP contribution in [0.3, 0.4) is 0 Å². The molecule has 0 radical (unpaired) electrons. The maximum atomic E-state index is 14.5. The van der Waals surface area contributed by atoms with Crippen molar-refractivity contribution in [2.24, 2.45) is 0 Å². The summed E-state index contributed by atoms with van der Waals surface area (Å²) in [5.41, 5.74) is 0.900. The Labute approximate surface area is 170 Å². The number of aromatic nitrogens is 2. The SMILES string of the molecule is CS(=O)(=O)CCSc1nc2sc3c(c2c(=O)n1-c1ccccc1F)CCCC3. The van der Waals surface area contributed by atoms with Gasteiger partial charge in [0.05, 0.1) is 16.8 Å². The van der Waals surface area contributed by atoms with Crippen LogP contribution in [0.25, 0.3) is 15.9 Å². The lowest BCUT2D eigenvalue weighted by Gasteiger charge is -2.14. The summed E-state index contributed by atoms with van der Waals surface area (Å²) in [5, 5.41) is 0.903. The summed E-state index contributed by atoms with van der Waals surface area (Å²) in [4.78, 5) is 19.9. The first-order chi connectivity index (χ1) is 13.3. The normalized spacial score (nSPS) is 14.4. The summed E-state index contributed by atoms with van der Waals surface area (Å²) >= 11 is 2.69. The van der Waals surface area contributed by atoms with E-state index in [0.717, 1.165) is 31.2 Å². The summed E-state index contributed by atoms with van der Waals surface area (Å²) in [6.45, 7) is 0. The molecule has 1 aromatic carbocycles. The monoisotopic (exact) mass is 438 g/mol. The van der Waals surface area contributed by atoms with E-state index < -0.39 is 15.7 Å². The van der Waals surface area contributed by atoms with Gasteiger partial charge < -0.3 is 0 Å². The van der Waals surface area contributed by atoms with Gasteiger partial charge in [0, 0.05) is 16.9 Å². The number of thiophene rings is 1. The van der Waals surface area contributed by atoms with Crippen LogP contribution in [0.1, 0.15) is 23.3 Å². The van der Waals surface area contributed by atoms with Crippen LogP contribution in [-0.4, -0.2) is 35.7 Å². The van der Waals surface area contributed by atoms with Crippen molar-refractivity contribution in [1.82, 2.24) is 9.55 Å². The largest absolute Gasteiger partial charge is 0.268 e. The maximum Gasteiger partial charge on any atom is 0.267 e. The van der Waals surface area contributed by atoms with E-state index in [-0.39, 0.29) is 22.8 Å². The zero-order valence-electron chi connectivity index (χ0n) is 15.3. The van der Waals surface area contributed by atoms with Crippen LogP contribution in [-0.2, 0) is 22.7 Å². The zero-order valence-corrected chi connectivity index (χ0v) is 17.7. The lowest BCUT2D eigenvalue weighted by atomic mass is 9.97. The van der Waals surface area contributed by atoms with Gasteiger partial charge in [-0.05, 0) is 43.4 Å². The lowest BCUT2D eigenvalue weighted by molar-refractivity contribution is 0.603. The minimum atomic E-state index is -3.14. The Hall–Kier alpha value is -1.71. The van der Waals surface area contributed by atoms with Gasteiger partial charge in [-0.1, -0.05) is 23.9 Å².